The quantitative estimate of drug-likeness (QED) is 0.824. The molecule has 2 aliphatic rings. The Bertz CT molecular complexity index is 610. The Balaban J connectivity index is 1.46. The molecule has 0 bridgehead atoms. The van der Waals surface area contributed by atoms with E-state index >= 15 is 0 Å². The SMILES string of the molecule is C[C@]12CCC(=O)N1[C@H](C(=O)NCCOc1ccc(Cl)cc1)CS2. The Hall–Kier alpha value is -1.40. The zero-order valence-corrected chi connectivity index (χ0v) is 14.5. The van der Waals surface area contributed by atoms with Gasteiger partial charge in [0.05, 0.1) is 11.4 Å². The molecular formula is C16H19ClN2O3S. The van der Waals surface area contributed by atoms with Crippen LogP contribution in [0, 0.1) is 0 Å². The molecule has 124 valence electrons. The van der Waals surface area contributed by atoms with Crippen molar-refractivity contribution in [1.29, 1.82) is 0 Å². The number of carbonyl (C=O) groups excluding carboxylic acids is 2. The van der Waals surface area contributed by atoms with Crippen molar-refractivity contribution in [3.63, 3.8) is 0 Å². The number of fused-ring (bicyclic) bond motifs is 1. The Morgan fingerprint density at radius 2 is 2.22 bits per heavy atom. The highest BCUT2D eigenvalue weighted by Crippen LogP contribution is 2.47. The minimum atomic E-state index is -0.365. The zero-order valence-electron chi connectivity index (χ0n) is 12.9. The maximum Gasteiger partial charge on any atom is 0.243 e. The van der Waals surface area contributed by atoms with Gasteiger partial charge in [-0.15, -0.1) is 11.8 Å². The molecule has 5 nitrogen and oxygen atoms in total. The van der Waals surface area contributed by atoms with Crippen LogP contribution in [0.1, 0.15) is 19.8 Å². The number of rotatable bonds is 5. The van der Waals surface area contributed by atoms with E-state index in [0.29, 0.717) is 36.1 Å². The lowest BCUT2D eigenvalue weighted by molar-refractivity contribution is -0.137. The molecule has 0 aromatic heterocycles. The van der Waals surface area contributed by atoms with E-state index in [1.165, 1.54) is 0 Å². The third-order valence-corrected chi connectivity index (χ3v) is 5.99. The topological polar surface area (TPSA) is 58.6 Å². The molecule has 2 amide bonds. The fraction of sp³-hybridized carbons (Fsp3) is 0.500. The van der Waals surface area contributed by atoms with Crippen molar-refractivity contribution < 1.29 is 14.3 Å². The molecule has 2 saturated heterocycles. The number of hydrogen-bond donors (Lipinski definition) is 1. The molecule has 2 aliphatic heterocycles. The molecule has 2 fully saturated rings. The summed E-state index contributed by atoms with van der Waals surface area (Å²) in [6.07, 6.45) is 1.35. The minimum Gasteiger partial charge on any atom is -0.492 e. The van der Waals surface area contributed by atoms with Gasteiger partial charge in [0.2, 0.25) is 11.8 Å². The zero-order chi connectivity index (χ0) is 16.4. The molecule has 0 unspecified atom stereocenters. The summed E-state index contributed by atoms with van der Waals surface area (Å²) < 4.78 is 5.54. The van der Waals surface area contributed by atoms with Crippen LogP contribution < -0.4 is 10.1 Å². The van der Waals surface area contributed by atoms with Gasteiger partial charge in [-0.25, -0.2) is 0 Å². The maximum absolute atomic E-state index is 12.3. The summed E-state index contributed by atoms with van der Waals surface area (Å²) in [5, 5.41) is 3.51. The minimum absolute atomic E-state index is 0.0788. The summed E-state index contributed by atoms with van der Waals surface area (Å²) in [5.74, 6) is 1.35. The first kappa shape index (κ1) is 16.5. The van der Waals surface area contributed by atoms with Gasteiger partial charge in [-0.3, -0.25) is 9.59 Å². The predicted molar refractivity (Wildman–Crippen MR) is 90.7 cm³/mol. The number of halogens is 1. The van der Waals surface area contributed by atoms with Gasteiger partial charge in [-0.2, -0.15) is 0 Å². The van der Waals surface area contributed by atoms with E-state index in [1.807, 2.05) is 6.92 Å². The first-order valence-corrected chi connectivity index (χ1v) is 8.98. The average Bonchev–Trinajstić information content (AvgIpc) is 3.02. The highest BCUT2D eigenvalue weighted by Gasteiger charge is 2.52. The molecule has 1 N–H and O–H groups in total. The predicted octanol–water partition coefficient (Wildman–Crippen LogP) is 2.29. The van der Waals surface area contributed by atoms with E-state index in [0.717, 1.165) is 6.42 Å². The molecule has 0 aliphatic carbocycles. The van der Waals surface area contributed by atoms with Crippen LogP contribution >= 0.6 is 23.4 Å². The summed E-state index contributed by atoms with van der Waals surface area (Å²) in [6, 6.07) is 6.71. The lowest BCUT2D eigenvalue weighted by Crippen LogP contribution is -2.50. The van der Waals surface area contributed by atoms with Crippen LogP contribution in [0.5, 0.6) is 5.75 Å². The molecule has 0 radical (unpaired) electrons. The fourth-order valence-corrected chi connectivity index (χ4v) is 4.56. The van der Waals surface area contributed by atoms with Gasteiger partial charge in [-0.05, 0) is 37.6 Å². The van der Waals surface area contributed by atoms with Crippen LogP contribution in [0.25, 0.3) is 0 Å². The average molecular weight is 355 g/mol. The van der Waals surface area contributed by atoms with Crippen molar-refractivity contribution in [2.45, 2.75) is 30.7 Å². The van der Waals surface area contributed by atoms with Crippen molar-refractivity contribution in [2.75, 3.05) is 18.9 Å². The van der Waals surface area contributed by atoms with Crippen LogP contribution in [0.2, 0.25) is 5.02 Å². The smallest absolute Gasteiger partial charge is 0.243 e. The van der Waals surface area contributed by atoms with Crippen LogP contribution in [0.15, 0.2) is 24.3 Å². The third-order valence-electron chi connectivity index (χ3n) is 4.23. The number of nitrogens with zero attached hydrogens (tertiary/aromatic N) is 1. The fourth-order valence-electron chi connectivity index (χ4n) is 3.01. The molecule has 2 heterocycles. The third kappa shape index (κ3) is 3.43. The number of amides is 2. The van der Waals surface area contributed by atoms with Crippen molar-refractivity contribution in [2.24, 2.45) is 0 Å². The van der Waals surface area contributed by atoms with E-state index in [2.05, 4.69) is 5.32 Å². The van der Waals surface area contributed by atoms with E-state index in [9.17, 15) is 9.59 Å². The monoisotopic (exact) mass is 354 g/mol. The van der Waals surface area contributed by atoms with Crippen molar-refractivity contribution >= 4 is 35.2 Å². The van der Waals surface area contributed by atoms with Crippen molar-refractivity contribution in [1.82, 2.24) is 10.2 Å². The molecular weight excluding hydrogens is 336 g/mol. The highest BCUT2D eigenvalue weighted by atomic mass is 35.5. The van der Waals surface area contributed by atoms with Crippen LogP contribution in [-0.2, 0) is 9.59 Å². The Morgan fingerprint density at radius 1 is 1.48 bits per heavy atom. The van der Waals surface area contributed by atoms with Crippen molar-refractivity contribution in [3.8, 4) is 5.75 Å². The molecule has 3 rings (SSSR count). The van der Waals surface area contributed by atoms with E-state index in [4.69, 9.17) is 16.3 Å². The van der Waals surface area contributed by atoms with E-state index in [-0.39, 0.29) is 22.7 Å². The normalized spacial score (nSPS) is 26.3. The number of benzene rings is 1. The molecule has 23 heavy (non-hydrogen) atoms. The summed E-state index contributed by atoms with van der Waals surface area (Å²) in [7, 11) is 0. The molecule has 1 aromatic rings. The standard InChI is InChI=1S/C16H19ClN2O3S/c1-16-7-6-14(20)19(16)13(10-23-16)15(21)18-8-9-22-12-4-2-11(17)3-5-12/h2-5,13H,6-10H2,1H3,(H,18,21)/t13-,16-/m0/s1. The number of carbonyl (C=O) groups is 2. The van der Waals surface area contributed by atoms with E-state index in [1.54, 1.807) is 40.9 Å². The van der Waals surface area contributed by atoms with Gasteiger partial charge in [0.15, 0.2) is 0 Å². The van der Waals surface area contributed by atoms with Crippen LogP contribution in [-0.4, -0.2) is 46.5 Å². The second kappa shape index (κ2) is 6.61. The molecule has 2 atom stereocenters. The van der Waals surface area contributed by atoms with Gasteiger partial charge in [0, 0.05) is 17.2 Å². The van der Waals surface area contributed by atoms with Gasteiger partial charge >= 0.3 is 0 Å². The number of thioether (sulfide) groups is 1. The van der Waals surface area contributed by atoms with Crippen LogP contribution in [0.4, 0.5) is 0 Å². The summed E-state index contributed by atoms with van der Waals surface area (Å²) >= 11 is 7.50. The number of hydrogen-bond acceptors (Lipinski definition) is 4. The summed E-state index contributed by atoms with van der Waals surface area (Å²) in [6.45, 7) is 2.82. The molecule has 0 spiro atoms. The van der Waals surface area contributed by atoms with Gasteiger partial charge in [-0.1, -0.05) is 11.6 Å². The highest BCUT2D eigenvalue weighted by molar-refractivity contribution is 8.01. The lowest BCUT2D eigenvalue weighted by atomic mass is 10.2. The molecule has 7 heteroatoms. The van der Waals surface area contributed by atoms with Crippen LogP contribution in [0.3, 0.4) is 0 Å². The molecule has 1 aromatic carbocycles. The largest absolute Gasteiger partial charge is 0.492 e. The van der Waals surface area contributed by atoms with Gasteiger partial charge < -0.3 is 15.0 Å². The van der Waals surface area contributed by atoms with Gasteiger partial charge in [0.25, 0.3) is 0 Å². The summed E-state index contributed by atoms with van der Waals surface area (Å²) in [5.41, 5.74) is 0. The Labute approximate surface area is 144 Å². The summed E-state index contributed by atoms with van der Waals surface area (Å²) in [4.78, 5) is 25.9. The first-order valence-electron chi connectivity index (χ1n) is 7.62. The lowest BCUT2D eigenvalue weighted by Gasteiger charge is -2.29. The molecule has 0 saturated carbocycles. The Morgan fingerprint density at radius 3 is 2.96 bits per heavy atom. The number of nitrogens with one attached hydrogen (secondary N) is 1. The maximum atomic E-state index is 12.3. The second-order valence-electron chi connectivity index (χ2n) is 5.86. The second-order valence-corrected chi connectivity index (χ2v) is 7.80. The van der Waals surface area contributed by atoms with Crippen molar-refractivity contribution in [3.05, 3.63) is 29.3 Å². The first-order chi connectivity index (χ1) is 11.0. The van der Waals surface area contributed by atoms with Gasteiger partial charge in [0.1, 0.15) is 18.4 Å². The van der Waals surface area contributed by atoms with E-state index < -0.39 is 0 Å². The number of ether oxygens (including phenoxy) is 1. The Kier molecular flexibility index (Phi) is 4.73.